The Kier molecular flexibility index (Phi) is 6.57. The first kappa shape index (κ1) is 19.9. The predicted molar refractivity (Wildman–Crippen MR) is 109 cm³/mol. The number of nitrogens with one attached hydrogen (secondary N) is 2. The molecule has 0 bridgehead atoms. The van der Waals surface area contributed by atoms with Gasteiger partial charge >= 0.3 is 0 Å². The first-order valence-corrected chi connectivity index (χ1v) is 10.5. The molecule has 1 aliphatic rings. The summed E-state index contributed by atoms with van der Waals surface area (Å²) in [6.07, 6.45) is 8.16. The second kappa shape index (κ2) is 8.91. The van der Waals surface area contributed by atoms with Crippen LogP contribution in [0.1, 0.15) is 42.5 Å². The summed E-state index contributed by atoms with van der Waals surface area (Å²) >= 11 is 7.74. The van der Waals surface area contributed by atoms with Gasteiger partial charge in [-0.1, -0.05) is 30.9 Å². The number of carbonyl (C=O) groups excluding carboxylic acids is 1. The van der Waals surface area contributed by atoms with Crippen molar-refractivity contribution in [3.05, 3.63) is 41.0 Å². The molecule has 0 aliphatic heterocycles. The molecule has 6 nitrogen and oxygen atoms in total. The van der Waals surface area contributed by atoms with Crippen LogP contribution in [0.3, 0.4) is 0 Å². The molecule has 8 heteroatoms. The van der Waals surface area contributed by atoms with Crippen molar-refractivity contribution in [3.8, 4) is 0 Å². The van der Waals surface area contributed by atoms with E-state index in [4.69, 9.17) is 11.6 Å². The quantitative estimate of drug-likeness (QED) is 0.496. The van der Waals surface area contributed by atoms with E-state index in [1.807, 2.05) is 12.3 Å². The van der Waals surface area contributed by atoms with Crippen molar-refractivity contribution < 1.29 is 9.90 Å². The monoisotopic (exact) mass is 406 g/mol. The summed E-state index contributed by atoms with van der Waals surface area (Å²) < 4.78 is 0. The van der Waals surface area contributed by atoms with Crippen molar-refractivity contribution in [2.45, 2.75) is 42.7 Å². The maximum absolute atomic E-state index is 12.6. The minimum atomic E-state index is -0.817. The molecule has 27 heavy (non-hydrogen) atoms. The highest BCUT2D eigenvalue weighted by atomic mass is 35.5. The summed E-state index contributed by atoms with van der Waals surface area (Å²) in [6.45, 7) is 0.235. The summed E-state index contributed by atoms with van der Waals surface area (Å²) in [5.74, 6) is 0.147. The molecule has 0 unspecified atom stereocenters. The molecule has 1 amide bonds. The molecule has 0 radical (unpaired) electrons. The van der Waals surface area contributed by atoms with E-state index >= 15 is 0 Å². The molecular formula is C19H23ClN4O2S. The Morgan fingerprint density at radius 2 is 2.07 bits per heavy atom. The highest BCUT2D eigenvalue weighted by Crippen LogP contribution is 2.28. The second-order valence-corrected chi connectivity index (χ2v) is 7.94. The smallest absolute Gasteiger partial charge is 0.252 e. The molecule has 1 aromatic heterocycles. The number of aliphatic hydroxyl groups is 1. The van der Waals surface area contributed by atoms with Gasteiger partial charge in [0.1, 0.15) is 5.03 Å². The van der Waals surface area contributed by atoms with Gasteiger partial charge in [0, 0.05) is 18.4 Å². The lowest BCUT2D eigenvalue weighted by molar-refractivity contribution is 0.00526. The zero-order chi connectivity index (χ0) is 19.3. The van der Waals surface area contributed by atoms with Gasteiger partial charge in [0.15, 0.2) is 0 Å². The van der Waals surface area contributed by atoms with Crippen molar-refractivity contribution >= 4 is 40.9 Å². The summed E-state index contributed by atoms with van der Waals surface area (Å²) in [5, 5.41) is 17.7. The number of carbonyl (C=O) groups is 1. The van der Waals surface area contributed by atoms with E-state index in [0.29, 0.717) is 35.1 Å². The lowest BCUT2D eigenvalue weighted by Crippen LogP contribution is -2.44. The number of benzene rings is 1. The number of hydrogen-bond acceptors (Lipinski definition) is 6. The van der Waals surface area contributed by atoms with E-state index in [1.165, 1.54) is 11.8 Å². The molecule has 1 saturated carbocycles. The number of halogens is 1. The Morgan fingerprint density at radius 1 is 1.30 bits per heavy atom. The van der Waals surface area contributed by atoms with Crippen LogP contribution in [0, 0.1) is 0 Å². The standard InChI is InChI=1S/C19H23ClN4O2S/c1-27-16-7-10-21-18(24-16)23-13-5-6-15(20)14(11-13)17(25)22-12-19(26)8-3-2-4-9-19/h5-7,10-11,26H,2-4,8-9,12H2,1H3,(H,22,25)(H,21,23,24). The summed E-state index contributed by atoms with van der Waals surface area (Å²) in [4.78, 5) is 21.1. The largest absolute Gasteiger partial charge is 0.388 e. The van der Waals surface area contributed by atoms with Crippen molar-refractivity contribution in [1.82, 2.24) is 15.3 Å². The van der Waals surface area contributed by atoms with Crippen molar-refractivity contribution in [2.24, 2.45) is 0 Å². The third kappa shape index (κ3) is 5.34. The fraction of sp³-hybridized carbons (Fsp3) is 0.421. The average molecular weight is 407 g/mol. The van der Waals surface area contributed by atoms with Crippen LogP contribution in [0.25, 0.3) is 0 Å². The van der Waals surface area contributed by atoms with Crippen molar-refractivity contribution in [3.63, 3.8) is 0 Å². The van der Waals surface area contributed by atoms with Gasteiger partial charge in [0.2, 0.25) is 5.95 Å². The normalized spacial score (nSPS) is 16.0. The SMILES string of the molecule is CSc1ccnc(Nc2ccc(Cl)c(C(=O)NCC3(O)CCCCC3)c2)n1. The maximum atomic E-state index is 12.6. The van der Waals surface area contributed by atoms with Gasteiger partial charge in [-0.2, -0.15) is 0 Å². The minimum Gasteiger partial charge on any atom is -0.388 e. The number of nitrogens with zero attached hydrogens (tertiary/aromatic N) is 2. The van der Waals surface area contributed by atoms with Crippen LogP contribution in [0.2, 0.25) is 5.02 Å². The van der Waals surface area contributed by atoms with Gasteiger partial charge < -0.3 is 15.7 Å². The van der Waals surface area contributed by atoms with E-state index in [-0.39, 0.29) is 12.5 Å². The van der Waals surface area contributed by atoms with Crippen LogP contribution in [0.4, 0.5) is 11.6 Å². The number of anilines is 2. The molecule has 3 rings (SSSR count). The van der Waals surface area contributed by atoms with E-state index in [0.717, 1.165) is 24.3 Å². The number of amides is 1. The lowest BCUT2D eigenvalue weighted by atomic mass is 9.85. The number of hydrogen-bond donors (Lipinski definition) is 3. The highest BCUT2D eigenvalue weighted by molar-refractivity contribution is 7.98. The van der Waals surface area contributed by atoms with Crippen molar-refractivity contribution in [1.29, 1.82) is 0 Å². The van der Waals surface area contributed by atoms with Crippen LogP contribution in [0.5, 0.6) is 0 Å². The van der Waals surface area contributed by atoms with E-state index in [1.54, 1.807) is 24.4 Å². The molecule has 1 aliphatic carbocycles. The molecule has 0 spiro atoms. The Labute approximate surface area is 168 Å². The molecule has 1 aromatic carbocycles. The van der Waals surface area contributed by atoms with Crippen LogP contribution < -0.4 is 10.6 Å². The predicted octanol–water partition coefficient (Wildman–Crippen LogP) is 4.02. The number of aromatic nitrogens is 2. The third-order valence-electron chi connectivity index (χ3n) is 4.67. The van der Waals surface area contributed by atoms with Gasteiger partial charge in [-0.25, -0.2) is 9.97 Å². The Hall–Kier alpha value is -1.83. The maximum Gasteiger partial charge on any atom is 0.252 e. The lowest BCUT2D eigenvalue weighted by Gasteiger charge is -2.32. The average Bonchev–Trinajstić information content (AvgIpc) is 2.68. The molecular weight excluding hydrogens is 384 g/mol. The van der Waals surface area contributed by atoms with E-state index < -0.39 is 5.60 Å². The fourth-order valence-electron chi connectivity index (χ4n) is 3.15. The Balaban J connectivity index is 1.69. The topological polar surface area (TPSA) is 87.1 Å². The van der Waals surface area contributed by atoms with Gasteiger partial charge in [-0.05, 0) is 43.4 Å². The van der Waals surface area contributed by atoms with Gasteiger partial charge in [-0.3, -0.25) is 4.79 Å². The van der Waals surface area contributed by atoms with Crippen LogP contribution in [0.15, 0.2) is 35.5 Å². The summed E-state index contributed by atoms with van der Waals surface area (Å²) in [6, 6.07) is 6.92. The second-order valence-electron chi connectivity index (χ2n) is 6.71. The molecule has 0 saturated heterocycles. The van der Waals surface area contributed by atoms with Gasteiger partial charge in [0.25, 0.3) is 5.91 Å². The highest BCUT2D eigenvalue weighted by Gasteiger charge is 2.29. The first-order chi connectivity index (χ1) is 13.0. The summed E-state index contributed by atoms with van der Waals surface area (Å²) in [7, 11) is 0. The fourth-order valence-corrected chi connectivity index (χ4v) is 3.73. The molecule has 3 N–H and O–H groups in total. The van der Waals surface area contributed by atoms with Gasteiger partial charge in [-0.15, -0.1) is 11.8 Å². The minimum absolute atomic E-state index is 0.235. The van der Waals surface area contributed by atoms with Crippen LogP contribution in [-0.2, 0) is 0 Å². The zero-order valence-electron chi connectivity index (χ0n) is 15.2. The molecule has 144 valence electrons. The zero-order valence-corrected chi connectivity index (χ0v) is 16.7. The molecule has 0 atom stereocenters. The first-order valence-electron chi connectivity index (χ1n) is 8.93. The van der Waals surface area contributed by atoms with Crippen LogP contribution in [-0.4, -0.2) is 39.4 Å². The van der Waals surface area contributed by atoms with Gasteiger partial charge in [0.05, 0.1) is 16.2 Å². The number of thioether (sulfide) groups is 1. The molecule has 1 heterocycles. The third-order valence-corrected chi connectivity index (χ3v) is 5.64. The van der Waals surface area contributed by atoms with E-state index in [2.05, 4.69) is 20.6 Å². The van der Waals surface area contributed by atoms with Crippen LogP contribution >= 0.6 is 23.4 Å². The van der Waals surface area contributed by atoms with Crippen molar-refractivity contribution in [2.75, 3.05) is 18.1 Å². The molecule has 2 aromatic rings. The summed E-state index contributed by atoms with van der Waals surface area (Å²) in [5.41, 5.74) is 0.198. The Morgan fingerprint density at radius 3 is 2.81 bits per heavy atom. The Bertz CT molecular complexity index is 812. The molecule has 1 fully saturated rings. The van der Waals surface area contributed by atoms with E-state index in [9.17, 15) is 9.90 Å². The number of rotatable bonds is 6.